The Morgan fingerprint density at radius 2 is 1.50 bits per heavy atom. The third kappa shape index (κ3) is 17.5. The molecule has 0 aliphatic heterocycles. The molecule has 0 aliphatic rings. The lowest BCUT2D eigenvalue weighted by atomic mass is 10.1. The van der Waals surface area contributed by atoms with Crippen molar-refractivity contribution in [2.75, 3.05) is 20.5 Å². The van der Waals surface area contributed by atoms with Gasteiger partial charge in [-0.3, -0.25) is 0 Å². The quantitative estimate of drug-likeness (QED) is 0.244. The zero-order valence-electron chi connectivity index (χ0n) is 15.5. The second-order valence-electron chi connectivity index (χ2n) is 5.04. The molecule has 118 valence electrons. The van der Waals surface area contributed by atoms with Crippen molar-refractivity contribution in [3.63, 3.8) is 0 Å². The molecule has 0 saturated heterocycles. The van der Waals surface area contributed by atoms with Gasteiger partial charge in [0.05, 0.1) is 0 Å². The number of hydrogen-bond donors (Lipinski definition) is 0. The van der Waals surface area contributed by atoms with Crippen LogP contribution in [0.5, 0.6) is 0 Å². The van der Waals surface area contributed by atoms with E-state index in [1.807, 2.05) is 6.92 Å². The summed E-state index contributed by atoms with van der Waals surface area (Å²) in [5.41, 5.74) is 0. The third-order valence-corrected chi connectivity index (χ3v) is 3.00. The van der Waals surface area contributed by atoms with Crippen LogP contribution in [0.25, 0.3) is 0 Å². The Morgan fingerprint density at radius 3 is 2.20 bits per heavy atom. The zero-order chi connectivity index (χ0) is 16.5. The van der Waals surface area contributed by atoms with E-state index in [4.69, 9.17) is 12.2 Å². The average Bonchev–Trinajstić information content (AvgIpc) is 2.47. The molecule has 0 bridgehead atoms. The monoisotopic (exact) mass is 284 g/mol. The first-order valence-electron chi connectivity index (χ1n) is 9.15. The summed E-state index contributed by atoms with van der Waals surface area (Å²) < 4.78 is 25.6. The molecule has 0 aromatic carbocycles. The van der Waals surface area contributed by atoms with Gasteiger partial charge in [0.15, 0.2) is 0 Å². The van der Waals surface area contributed by atoms with Gasteiger partial charge in [0.2, 0.25) is 0 Å². The number of ether oxygens (including phenoxy) is 2. The fourth-order valence-electron chi connectivity index (χ4n) is 1.87. The predicted octanol–water partition coefficient (Wildman–Crippen LogP) is 5.31. The molecule has 0 spiro atoms. The van der Waals surface area contributed by atoms with Gasteiger partial charge in [-0.25, -0.2) is 0 Å². The highest BCUT2D eigenvalue weighted by Gasteiger charge is 1.91. The van der Waals surface area contributed by atoms with Crippen LogP contribution in [0.2, 0.25) is 0 Å². The van der Waals surface area contributed by atoms with E-state index < -0.39 is 6.37 Å². The summed E-state index contributed by atoms with van der Waals surface area (Å²) in [5, 5.41) is 0. The van der Waals surface area contributed by atoms with Gasteiger partial charge in [-0.2, -0.15) is 0 Å². The predicted molar refractivity (Wildman–Crippen MR) is 86.7 cm³/mol. The minimum absolute atomic E-state index is 0.398. The topological polar surface area (TPSA) is 18.5 Å². The fourth-order valence-corrected chi connectivity index (χ4v) is 1.87. The van der Waals surface area contributed by atoms with Gasteiger partial charge < -0.3 is 9.47 Å². The number of unbranched alkanes of at least 4 members (excludes halogenated alkanes) is 6. The number of rotatable bonds is 14. The van der Waals surface area contributed by atoms with Gasteiger partial charge in [-0.1, -0.05) is 51.8 Å². The van der Waals surface area contributed by atoms with Gasteiger partial charge in [-0.15, -0.1) is 11.8 Å². The van der Waals surface area contributed by atoms with Gasteiger partial charge in [0.1, 0.15) is 6.79 Å². The summed E-state index contributed by atoms with van der Waals surface area (Å²) in [5.74, 6) is 6.38. The standard InChI is InChI=1S/C18H34O2/c1-3-4-5-6-7-8-9-10-11-12-13-14-15-16-17-20-18-19-2/h3-8,11-18H2,1-2H3/i5D2. The summed E-state index contributed by atoms with van der Waals surface area (Å²) in [4.78, 5) is 0. The fraction of sp³-hybridized carbons (Fsp3) is 0.889. The molecule has 0 N–H and O–H groups in total. The first-order chi connectivity index (χ1) is 10.6. The molecule has 0 aromatic rings. The molecule has 0 heterocycles. The van der Waals surface area contributed by atoms with Crippen LogP contribution >= 0.6 is 0 Å². The van der Waals surface area contributed by atoms with Gasteiger partial charge in [0.25, 0.3) is 0 Å². The lowest BCUT2D eigenvalue weighted by Gasteiger charge is -2.02. The molecule has 0 fully saturated rings. The highest BCUT2D eigenvalue weighted by molar-refractivity contribution is 4.98. The van der Waals surface area contributed by atoms with Gasteiger partial charge in [-0.05, 0) is 19.3 Å². The van der Waals surface area contributed by atoms with Crippen molar-refractivity contribution in [3.8, 4) is 11.8 Å². The van der Waals surface area contributed by atoms with E-state index in [1.165, 1.54) is 25.7 Å². The van der Waals surface area contributed by atoms with E-state index in [1.54, 1.807) is 7.11 Å². The van der Waals surface area contributed by atoms with E-state index in [0.717, 1.165) is 38.7 Å². The molecule has 0 rings (SSSR count). The molecule has 0 aliphatic carbocycles. The molecular formula is C18H34O2. The van der Waals surface area contributed by atoms with Crippen molar-refractivity contribution < 1.29 is 12.2 Å². The highest BCUT2D eigenvalue weighted by atomic mass is 16.7. The molecule has 0 radical (unpaired) electrons. The molecule has 20 heavy (non-hydrogen) atoms. The maximum atomic E-state index is 7.79. The third-order valence-electron chi connectivity index (χ3n) is 3.00. The molecule has 2 heteroatoms. The Labute approximate surface area is 129 Å². The van der Waals surface area contributed by atoms with Crippen LogP contribution in [-0.4, -0.2) is 20.5 Å². The molecular weight excluding hydrogens is 248 g/mol. The Morgan fingerprint density at radius 1 is 0.850 bits per heavy atom. The molecule has 0 atom stereocenters. The smallest absolute Gasteiger partial charge is 0.146 e. The van der Waals surface area contributed by atoms with E-state index in [2.05, 4.69) is 11.8 Å². The number of methoxy groups -OCH3 is 1. The average molecular weight is 284 g/mol. The van der Waals surface area contributed by atoms with E-state index in [0.29, 0.717) is 19.6 Å². The summed E-state index contributed by atoms with van der Waals surface area (Å²) in [7, 11) is 1.64. The molecule has 0 unspecified atom stereocenters. The van der Waals surface area contributed by atoms with Crippen LogP contribution in [0.4, 0.5) is 0 Å². The second-order valence-corrected chi connectivity index (χ2v) is 5.04. The van der Waals surface area contributed by atoms with Crippen molar-refractivity contribution in [2.45, 2.75) is 83.9 Å². The van der Waals surface area contributed by atoms with Crippen molar-refractivity contribution in [1.29, 1.82) is 0 Å². The molecule has 0 saturated carbocycles. The normalized spacial score (nSPS) is 12.5. The van der Waals surface area contributed by atoms with Crippen molar-refractivity contribution in [1.82, 2.24) is 0 Å². The maximum Gasteiger partial charge on any atom is 0.146 e. The summed E-state index contributed by atoms with van der Waals surface area (Å²) in [6.45, 7) is 3.22. The molecule has 0 aromatic heterocycles. The van der Waals surface area contributed by atoms with Gasteiger partial charge in [0, 0.05) is 29.3 Å². The zero-order valence-corrected chi connectivity index (χ0v) is 13.5. The lowest BCUT2D eigenvalue weighted by Crippen LogP contribution is -1.98. The van der Waals surface area contributed by atoms with Gasteiger partial charge >= 0.3 is 0 Å². The van der Waals surface area contributed by atoms with Crippen LogP contribution in [0.15, 0.2) is 0 Å². The lowest BCUT2D eigenvalue weighted by molar-refractivity contribution is -0.0315. The molecule has 0 amide bonds. The van der Waals surface area contributed by atoms with Crippen LogP contribution in [-0.2, 0) is 9.47 Å². The Bertz CT molecular complexity index is 295. The second kappa shape index (κ2) is 18.5. The summed E-state index contributed by atoms with van der Waals surface area (Å²) in [6.07, 6.45) is 9.87. The van der Waals surface area contributed by atoms with Crippen LogP contribution < -0.4 is 0 Å². The van der Waals surface area contributed by atoms with Crippen molar-refractivity contribution in [2.24, 2.45) is 0 Å². The number of hydrogen-bond acceptors (Lipinski definition) is 2. The first-order valence-corrected chi connectivity index (χ1v) is 8.15. The minimum atomic E-state index is -0.997. The summed E-state index contributed by atoms with van der Waals surface area (Å²) in [6, 6.07) is 0. The largest absolute Gasteiger partial charge is 0.359 e. The van der Waals surface area contributed by atoms with Crippen LogP contribution in [0.1, 0.15) is 86.7 Å². The van der Waals surface area contributed by atoms with Crippen molar-refractivity contribution in [3.05, 3.63) is 0 Å². The van der Waals surface area contributed by atoms with E-state index in [-0.39, 0.29) is 0 Å². The van der Waals surface area contributed by atoms with Crippen LogP contribution in [0.3, 0.4) is 0 Å². The maximum absolute atomic E-state index is 7.79. The highest BCUT2D eigenvalue weighted by Crippen LogP contribution is 2.06. The Hall–Kier alpha value is -0.520. The summed E-state index contributed by atoms with van der Waals surface area (Å²) >= 11 is 0. The van der Waals surface area contributed by atoms with E-state index >= 15 is 0 Å². The molecule has 2 nitrogen and oxygen atoms in total. The van der Waals surface area contributed by atoms with Crippen molar-refractivity contribution >= 4 is 0 Å². The Balaban J connectivity index is 3.29. The minimum Gasteiger partial charge on any atom is -0.359 e. The SMILES string of the molecule is [2H]C([2H])(CCC)CCCC#CCCCCCCCOCOC. The Kier molecular flexibility index (Phi) is 14.7. The van der Waals surface area contributed by atoms with E-state index in [9.17, 15) is 0 Å². The van der Waals surface area contributed by atoms with Crippen LogP contribution in [0, 0.1) is 11.8 Å². The first kappa shape index (κ1) is 15.9.